The van der Waals surface area contributed by atoms with Crippen molar-refractivity contribution in [2.24, 2.45) is 27.6 Å². The fourth-order valence-electron chi connectivity index (χ4n) is 8.78. The number of amidine groups is 1. The van der Waals surface area contributed by atoms with Crippen LogP contribution in [0.1, 0.15) is 52.0 Å². The summed E-state index contributed by atoms with van der Waals surface area (Å²) in [7, 11) is -3.74. The summed E-state index contributed by atoms with van der Waals surface area (Å²) < 4.78 is 142. The van der Waals surface area contributed by atoms with Crippen molar-refractivity contribution >= 4 is 39.4 Å². The number of hydrogen-bond acceptors (Lipinski definition) is 18. The number of hydrogen-bond donors (Lipinski definition) is 3. The SMILES string of the molecule is CCCN(CCC)C(=O)C1CC(N)=Nc2cc(-c3cccc(S(=O)(=O)N4CC(CN=C(NCC)NCCOCCOCCOCCOCCOCCOCCOCCOCCOCCOCCC(=O)Oc5c(F)c(F)cc(F)c5F)C4)c3)ccc2C1. The second-order valence-corrected chi connectivity index (χ2v) is 21.8. The van der Waals surface area contributed by atoms with Crippen molar-refractivity contribution in [3.63, 3.8) is 0 Å². The first-order valence-electron chi connectivity index (χ1n) is 29.4. The van der Waals surface area contributed by atoms with Gasteiger partial charge in [-0.2, -0.15) is 13.1 Å². The third-order valence-corrected chi connectivity index (χ3v) is 15.0. The molecule has 4 N–H and O–H groups in total. The third-order valence-electron chi connectivity index (χ3n) is 13.1. The molecule has 5 rings (SSSR count). The van der Waals surface area contributed by atoms with Gasteiger partial charge in [-0.15, -0.1) is 0 Å². The standard InChI is InChI=1S/C59H87F4N7O15S/c1-4-14-69(15-5-2)58(72)48-36-47-11-10-46(38-52(47)68-53(64)39-48)45-8-7-9-49(37-45)86(73,74)70-42-44(43-70)41-67-59(65-6-3)66-13-17-76-19-21-78-23-25-80-27-29-82-31-33-84-35-34-83-32-30-81-28-26-79-24-22-77-20-18-75-16-12-54(71)85-57-55(62)50(60)40-51(61)56(57)63/h7-11,37-38,40,44,48H,4-6,12-36,39,41-43H2,1-3H3,(H2,64,68)(H2,65,66,67). The maximum atomic E-state index is 13.8. The molecule has 0 radical (unpaired) electrons. The van der Waals surface area contributed by atoms with Crippen molar-refractivity contribution in [3.8, 4) is 16.9 Å². The predicted octanol–water partition coefficient (Wildman–Crippen LogP) is 5.45. The van der Waals surface area contributed by atoms with Gasteiger partial charge in [-0.1, -0.05) is 38.1 Å². The van der Waals surface area contributed by atoms with E-state index in [1.165, 1.54) is 4.31 Å². The lowest BCUT2D eigenvalue weighted by molar-refractivity contribution is -0.136. The molecule has 1 amide bonds. The molecule has 1 fully saturated rings. The molecule has 22 nitrogen and oxygen atoms in total. The van der Waals surface area contributed by atoms with Crippen LogP contribution in [-0.4, -0.2) is 219 Å². The molecule has 0 saturated carbocycles. The van der Waals surface area contributed by atoms with Gasteiger partial charge >= 0.3 is 5.97 Å². The van der Waals surface area contributed by atoms with Crippen LogP contribution >= 0.6 is 0 Å². The molecule has 1 unspecified atom stereocenters. The molecule has 0 bridgehead atoms. The molecule has 0 aliphatic carbocycles. The van der Waals surface area contributed by atoms with E-state index in [0.29, 0.717) is 182 Å². The Labute approximate surface area is 502 Å². The fourth-order valence-corrected chi connectivity index (χ4v) is 10.4. The van der Waals surface area contributed by atoms with Gasteiger partial charge in [0.2, 0.25) is 33.3 Å². The zero-order valence-electron chi connectivity index (χ0n) is 49.8. The van der Waals surface area contributed by atoms with E-state index in [-0.39, 0.29) is 55.1 Å². The molecule has 86 heavy (non-hydrogen) atoms. The van der Waals surface area contributed by atoms with Gasteiger partial charge in [0, 0.05) is 70.1 Å². The number of carbonyl (C=O) groups excluding carboxylic acids is 2. The van der Waals surface area contributed by atoms with E-state index in [4.69, 9.17) is 63.1 Å². The topological polar surface area (TPSA) is 251 Å². The maximum Gasteiger partial charge on any atom is 0.313 e. The molecule has 3 aromatic carbocycles. The number of fused-ring (bicyclic) bond motifs is 1. The Kier molecular flexibility index (Phi) is 33.9. The smallest absolute Gasteiger partial charge is 0.313 e. The minimum absolute atomic E-state index is 0.0151. The molecule has 2 aliphatic rings. The molecule has 0 spiro atoms. The minimum atomic E-state index is -3.74. The first-order valence-corrected chi connectivity index (χ1v) is 30.9. The van der Waals surface area contributed by atoms with Gasteiger partial charge in [-0.25, -0.2) is 22.2 Å². The number of halogens is 4. The van der Waals surface area contributed by atoms with Gasteiger partial charge in [0.25, 0.3) is 0 Å². The fraction of sp³-hybridized carbons (Fsp3) is 0.627. The van der Waals surface area contributed by atoms with Crippen molar-refractivity contribution in [3.05, 3.63) is 77.4 Å². The zero-order valence-corrected chi connectivity index (χ0v) is 50.6. The lowest BCUT2D eigenvalue weighted by Gasteiger charge is -2.37. The van der Waals surface area contributed by atoms with Crippen LogP contribution in [0.3, 0.4) is 0 Å². The van der Waals surface area contributed by atoms with E-state index in [1.54, 1.807) is 18.2 Å². The largest absolute Gasteiger partial charge is 0.420 e. The Morgan fingerprint density at radius 3 is 1.63 bits per heavy atom. The summed E-state index contributed by atoms with van der Waals surface area (Å²) in [6.45, 7) is 16.9. The van der Waals surface area contributed by atoms with Crippen LogP contribution in [-0.2, 0) is 73.4 Å². The Morgan fingerprint density at radius 1 is 0.640 bits per heavy atom. The lowest BCUT2D eigenvalue weighted by atomic mass is 9.93. The average Bonchev–Trinajstić information content (AvgIpc) is 2.75. The highest BCUT2D eigenvalue weighted by atomic mass is 32.2. The summed E-state index contributed by atoms with van der Waals surface area (Å²) in [5.41, 5.74) is 9.57. The molecule has 2 heterocycles. The summed E-state index contributed by atoms with van der Waals surface area (Å²) >= 11 is 0. The van der Waals surface area contributed by atoms with Crippen molar-refractivity contribution < 1.29 is 87.7 Å². The summed E-state index contributed by atoms with van der Waals surface area (Å²) in [5.74, 6) is -8.59. The minimum Gasteiger partial charge on any atom is -0.420 e. The number of ether oxygens (including phenoxy) is 11. The molecule has 3 aromatic rings. The molecular weight excluding hydrogens is 1150 g/mol. The summed E-state index contributed by atoms with van der Waals surface area (Å²) in [4.78, 5) is 36.8. The molecule has 27 heteroatoms. The van der Waals surface area contributed by atoms with Crippen LogP contribution in [0.15, 0.2) is 63.4 Å². The molecule has 1 atom stereocenters. The van der Waals surface area contributed by atoms with E-state index in [9.17, 15) is 35.6 Å². The summed E-state index contributed by atoms with van der Waals surface area (Å²) in [6.07, 6.45) is 2.30. The van der Waals surface area contributed by atoms with Crippen LogP contribution in [0.25, 0.3) is 11.1 Å². The van der Waals surface area contributed by atoms with Gasteiger partial charge in [0.1, 0.15) is 5.84 Å². The van der Waals surface area contributed by atoms with Gasteiger partial charge < -0.3 is 73.4 Å². The van der Waals surface area contributed by atoms with Crippen molar-refractivity contribution in [1.82, 2.24) is 19.8 Å². The normalized spacial score (nSPS) is 14.8. The number of benzene rings is 3. The molecule has 1 saturated heterocycles. The second-order valence-electron chi connectivity index (χ2n) is 19.9. The van der Waals surface area contributed by atoms with Gasteiger partial charge in [-0.3, -0.25) is 14.6 Å². The highest BCUT2D eigenvalue weighted by Gasteiger charge is 2.37. The lowest BCUT2D eigenvalue weighted by Crippen LogP contribution is -2.51. The van der Waals surface area contributed by atoms with Crippen molar-refractivity contribution in [1.29, 1.82) is 0 Å². The monoisotopic (exact) mass is 1240 g/mol. The molecular formula is C59H87F4N7O15S. The Balaban J connectivity index is 0.777. The van der Waals surface area contributed by atoms with Crippen LogP contribution in [0.2, 0.25) is 0 Å². The summed E-state index contributed by atoms with van der Waals surface area (Å²) in [5, 5.41) is 6.50. The van der Waals surface area contributed by atoms with E-state index in [1.807, 2.05) is 36.1 Å². The van der Waals surface area contributed by atoms with E-state index in [0.717, 1.165) is 29.5 Å². The number of guanidine groups is 1. The Morgan fingerprint density at radius 2 is 1.13 bits per heavy atom. The third kappa shape index (κ3) is 25.7. The molecule has 2 aliphatic heterocycles. The average molecular weight is 1240 g/mol. The number of rotatable bonds is 45. The number of nitrogens with zero attached hydrogens (tertiary/aromatic N) is 4. The second kappa shape index (κ2) is 40.9. The van der Waals surface area contributed by atoms with Crippen LogP contribution in [0.4, 0.5) is 23.2 Å². The quantitative estimate of drug-likeness (QED) is 0.0121. The summed E-state index contributed by atoms with van der Waals surface area (Å²) in [6, 6.07) is 12.8. The first kappa shape index (κ1) is 71.3. The van der Waals surface area contributed by atoms with Crippen LogP contribution in [0.5, 0.6) is 5.75 Å². The number of esters is 1. The predicted molar refractivity (Wildman–Crippen MR) is 313 cm³/mol. The highest BCUT2D eigenvalue weighted by Crippen LogP contribution is 2.35. The van der Waals surface area contributed by atoms with Crippen molar-refractivity contribution in [2.75, 3.05) is 178 Å². The number of sulfonamides is 1. The Hall–Kier alpha value is -5.43. The zero-order chi connectivity index (χ0) is 61.8. The Bertz CT molecular complexity index is 2630. The number of aliphatic imine (C=N–C) groups is 2. The number of carbonyl (C=O) groups is 2. The molecule has 482 valence electrons. The number of nitrogens with one attached hydrogen (secondary N) is 2. The van der Waals surface area contributed by atoms with Crippen LogP contribution in [0, 0.1) is 35.1 Å². The highest BCUT2D eigenvalue weighted by molar-refractivity contribution is 7.89. The van der Waals surface area contributed by atoms with Gasteiger partial charge in [0.05, 0.1) is 149 Å². The number of amides is 1. The van der Waals surface area contributed by atoms with Gasteiger partial charge in [-0.05, 0) is 61.1 Å². The van der Waals surface area contributed by atoms with E-state index in [2.05, 4.69) is 29.2 Å². The number of nitrogens with two attached hydrogens (primary N) is 1. The van der Waals surface area contributed by atoms with E-state index >= 15 is 0 Å². The van der Waals surface area contributed by atoms with Crippen LogP contribution < -0.4 is 21.1 Å². The van der Waals surface area contributed by atoms with Gasteiger partial charge in [0.15, 0.2) is 17.6 Å². The van der Waals surface area contributed by atoms with Crippen molar-refractivity contribution in [2.45, 2.75) is 57.8 Å². The van der Waals surface area contributed by atoms with E-state index < -0.39 is 51.4 Å². The molecule has 0 aromatic heterocycles. The maximum absolute atomic E-state index is 13.8. The first-order chi connectivity index (χ1) is 41.7.